The van der Waals surface area contributed by atoms with Gasteiger partial charge in [-0.1, -0.05) is 63.3 Å². The van der Waals surface area contributed by atoms with Crippen molar-refractivity contribution in [3.8, 4) is 0 Å². The van der Waals surface area contributed by atoms with Crippen LogP contribution >= 0.6 is 0 Å². The zero-order valence-corrected chi connectivity index (χ0v) is 13.7. The minimum absolute atomic E-state index is 0.0341. The van der Waals surface area contributed by atoms with E-state index in [2.05, 4.69) is 38.2 Å². The molecule has 0 bridgehead atoms. The van der Waals surface area contributed by atoms with Gasteiger partial charge in [0.2, 0.25) is 0 Å². The Kier molecular flexibility index (Phi) is 6.58. The number of benzene rings is 1. The second-order valence-corrected chi connectivity index (χ2v) is 7.78. The van der Waals surface area contributed by atoms with Crippen LogP contribution in [0.25, 0.3) is 0 Å². The molecule has 118 valence electrons. The molecule has 0 aliphatic heterocycles. The number of allylic oxidation sites excluding steroid dienone is 1. The van der Waals surface area contributed by atoms with Crippen molar-refractivity contribution in [1.29, 1.82) is 0 Å². The highest BCUT2D eigenvalue weighted by Gasteiger charge is 2.11. The van der Waals surface area contributed by atoms with Crippen LogP contribution < -0.4 is 5.32 Å². The lowest BCUT2D eigenvalue weighted by molar-refractivity contribution is 0.478. The smallest absolute Gasteiger partial charge is 0.264 e. The van der Waals surface area contributed by atoms with Crippen molar-refractivity contribution in [2.24, 2.45) is 5.41 Å². The minimum atomic E-state index is -3.88. The first-order valence-electron chi connectivity index (χ1n) is 7.10. The molecule has 0 aliphatic rings. The maximum atomic E-state index is 10.7. The molecule has 0 fully saturated rings. The van der Waals surface area contributed by atoms with E-state index in [4.69, 9.17) is 4.55 Å². The quantitative estimate of drug-likeness (QED) is 0.461. The highest BCUT2D eigenvalue weighted by atomic mass is 32.2. The van der Waals surface area contributed by atoms with E-state index in [9.17, 15) is 8.42 Å². The molecule has 21 heavy (non-hydrogen) atoms. The van der Waals surface area contributed by atoms with Gasteiger partial charge < -0.3 is 5.32 Å². The summed E-state index contributed by atoms with van der Waals surface area (Å²) in [4.78, 5) is 0. The molecule has 0 saturated carbocycles. The summed E-state index contributed by atoms with van der Waals surface area (Å²) in [5.74, 6) is -0.218. The summed E-state index contributed by atoms with van der Waals surface area (Å²) in [6.07, 6.45) is 4.62. The van der Waals surface area contributed by atoms with Crippen molar-refractivity contribution in [2.75, 3.05) is 12.3 Å². The second-order valence-electron chi connectivity index (χ2n) is 6.21. The molecule has 0 radical (unpaired) electrons. The molecule has 1 aromatic carbocycles. The Morgan fingerprint density at radius 2 is 1.86 bits per heavy atom. The Labute approximate surface area is 128 Å². The summed E-state index contributed by atoms with van der Waals surface area (Å²) >= 11 is 0. The van der Waals surface area contributed by atoms with Gasteiger partial charge in [0.15, 0.2) is 0 Å². The van der Waals surface area contributed by atoms with Gasteiger partial charge in [-0.25, -0.2) is 0 Å². The first-order chi connectivity index (χ1) is 9.67. The zero-order valence-electron chi connectivity index (χ0n) is 12.9. The van der Waals surface area contributed by atoms with Crippen molar-refractivity contribution in [3.05, 3.63) is 48.0 Å². The van der Waals surface area contributed by atoms with Gasteiger partial charge in [-0.05, 0) is 23.9 Å². The molecule has 0 amide bonds. The molecule has 0 saturated heterocycles. The number of hydrogen-bond acceptors (Lipinski definition) is 3. The van der Waals surface area contributed by atoms with Crippen LogP contribution in [0.15, 0.2) is 42.5 Å². The Hall–Kier alpha value is -1.17. The summed E-state index contributed by atoms with van der Waals surface area (Å²) in [7, 11) is -3.88. The third kappa shape index (κ3) is 8.65. The molecular formula is C16H25NO3S. The van der Waals surface area contributed by atoms with E-state index in [1.807, 2.05) is 30.3 Å². The monoisotopic (exact) mass is 311 g/mol. The fraction of sp³-hybridized carbons (Fsp3) is 0.500. The summed E-state index contributed by atoms with van der Waals surface area (Å²) < 4.78 is 30.2. The van der Waals surface area contributed by atoms with Crippen molar-refractivity contribution < 1.29 is 13.0 Å². The molecular weight excluding hydrogens is 286 g/mol. The highest BCUT2D eigenvalue weighted by molar-refractivity contribution is 7.85. The van der Waals surface area contributed by atoms with Crippen molar-refractivity contribution in [2.45, 2.75) is 33.2 Å². The number of rotatable bonds is 7. The fourth-order valence-corrected chi connectivity index (χ4v) is 2.36. The van der Waals surface area contributed by atoms with Crippen molar-refractivity contribution >= 4 is 10.1 Å². The van der Waals surface area contributed by atoms with Gasteiger partial charge in [0.05, 0.1) is 11.8 Å². The molecule has 0 aromatic heterocycles. The van der Waals surface area contributed by atoms with E-state index < -0.39 is 10.1 Å². The van der Waals surface area contributed by atoms with E-state index in [1.54, 1.807) is 0 Å². The Balaban J connectivity index is 2.68. The maximum absolute atomic E-state index is 10.7. The van der Waals surface area contributed by atoms with Gasteiger partial charge in [0.25, 0.3) is 10.1 Å². The van der Waals surface area contributed by atoms with Gasteiger partial charge in [-0.15, -0.1) is 0 Å². The lowest BCUT2D eigenvalue weighted by atomic mass is 9.94. The van der Waals surface area contributed by atoms with E-state index in [0.717, 1.165) is 5.56 Å². The average Bonchev–Trinajstić information content (AvgIpc) is 2.36. The van der Waals surface area contributed by atoms with E-state index >= 15 is 0 Å². The first kappa shape index (κ1) is 17.9. The molecule has 1 aromatic rings. The summed E-state index contributed by atoms with van der Waals surface area (Å²) in [5.41, 5.74) is 1.22. The predicted molar refractivity (Wildman–Crippen MR) is 86.8 cm³/mol. The largest absolute Gasteiger partial charge is 0.307 e. The van der Waals surface area contributed by atoms with Crippen LogP contribution in [-0.4, -0.2) is 25.3 Å². The van der Waals surface area contributed by atoms with Crippen LogP contribution in [0, 0.1) is 5.41 Å². The van der Waals surface area contributed by atoms with Crippen LogP contribution in [-0.2, 0) is 10.1 Å². The van der Waals surface area contributed by atoms with Crippen LogP contribution in [0.2, 0.25) is 0 Å². The topological polar surface area (TPSA) is 66.4 Å². The third-order valence-corrected chi connectivity index (χ3v) is 3.70. The van der Waals surface area contributed by atoms with Crippen molar-refractivity contribution in [1.82, 2.24) is 5.32 Å². The van der Waals surface area contributed by atoms with E-state index in [1.165, 1.54) is 0 Å². The molecule has 0 unspecified atom stereocenters. The lowest BCUT2D eigenvalue weighted by Gasteiger charge is -2.18. The van der Waals surface area contributed by atoms with Crippen molar-refractivity contribution in [3.63, 3.8) is 0 Å². The average molecular weight is 311 g/mol. The summed E-state index contributed by atoms with van der Waals surface area (Å²) in [6, 6.07) is 10.0. The molecule has 1 rings (SSSR count). The maximum Gasteiger partial charge on any atom is 0.264 e. The van der Waals surface area contributed by atoms with Crippen LogP contribution in [0.4, 0.5) is 0 Å². The first-order valence-corrected chi connectivity index (χ1v) is 8.71. The molecule has 0 spiro atoms. The van der Waals surface area contributed by atoms with Gasteiger partial charge in [0, 0.05) is 0 Å². The van der Waals surface area contributed by atoms with E-state index in [0.29, 0.717) is 13.0 Å². The van der Waals surface area contributed by atoms with Gasteiger partial charge in [-0.2, -0.15) is 8.42 Å². The Morgan fingerprint density at radius 3 is 2.38 bits per heavy atom. The van der Waals surface area contributed by atoms with Crippen LogP contribution in [0.5, 0.6) is 0 Å². The minimum Gasteiger partial charge on any atom is -0.307 e. The zero-order chi connectivity index (χ0) is 15.9. The molecule has 4 nitrogen and oxygen atoms in total. The number of hydrogen-bond donors (Lipinski definition) is 2. The molecule has 2 N–H and O–H groups in total. The molecule has 0 aliphatic carbocycles. The summed E-state index contributed by atoms with van der Waals surface area (Å²) in [6.45, 7) is 6.91. The normalized spacial score (nSPS) is 14.5. The molecule has 5 heteroatoms. The van der Waals surface area contributed by atoms with Crippen LogP contribution in [0.3, 0.4) is 0 Å². The standard InChI is InChI=1S/C16H25NO3S/c1-16(2,3)11-10-15(14-8-5-4-6-9-14)17-12-7-13-21(18,19)20/h4-6,8-11,15,17H,7,12-13H2,1-3H3,(H,18,19,20)/t15-/m1/s1. The lowest BCUT2D eigenvalue weighted by Crippen LogP contribution is -2.23. The molecule has 1 atom stereocenters. The second kappa shape index (κ2) is 7.73. The Bertz CT molecular complexity index is 545. The molecule has 0 heterocycles. The van der Waals surface area contributed by atoms with Gasteiger partial charge in [0.1, 0.15) is 0 Å². The van der Waals surface area contributed by atoms with E-state index in [-0.39, 0.29) is 17.2 Å². The third-order valence-electron chi connectivity index (χ3n) is 2.89. The summed E-state index contributed by atoms with van der Waals surface area (Å²) in [5, 5.41) is 3.32. The number of nitrogens with one attached hydrogen (secondary N) is 1. The highest BCUT2D eigenvalue weighted by Crippen LogP contribution is 2.20. The Morgan fingerprint density at radius 1 is 1.24 bits per heavy atom. The predicted octanol–water partition coefficient (Wildman–Crippen LogP) is 3.20. The van der Waals surface area contributed by atoms with Gasteiger partial charge >= 0.3 is 0 Å². The van der Waals surface area contributed by atoms with Crippen LogP contribution in [0.1, 0.15) is 38.8 Å². The fourth-order valence-electron chi connectivity index (χ4n) is 1.85. The van der Waals surface area contributed by atoms with Gasteiger partial charge in [-0.3, -0.25) is 4.55 Å². The SMILES string of the molecule is CC(C)(C)C=C[C@@H](NCCCS(=O)(=O)O)c1ccccc1.